The lowest BCUT2D eigenvalue weighted by atomic mass is 10.2. The zero-order chi connectivity index (χ0) is 11.7. The summed E-state index contributed by atoms with van der Waals surface area (Å²) in [6.07, 6.45) is -2.38. The van der Waals surface area contributed by atoms with Gasteiger partial charge in [0, 0.05) is 18.8 Å². The Balaban J connectivity index is 3.34. The monoisotopic (exact) mass is 243 g/mol. The van der Waals surface area contributed by atoms with Gasteiger partial charge in [-0.05, 0) is 5.92 Å². The maximum absolute atomic E-state index is 11.6. The van der Waals surface area contributed by atoms with E-state index in [4.69, 9.17) is 11.6 Å². The zero-order valence-electron chi connectivity index (χ0n) is 8.64. The molecule has 0 aromatic carbocycles. The van der Waals surface area contributed by atoms with Crippen LogP contribution in [0.1, 0.15) is 13.3 Å². The molecule has 1 amide bonds. The van der Waals surface area contributed by atoms with E-state index in [0.29, 0.717) is 12.4 Å². The van der Waals surface area contributed by atoms with E-state index in [-0.39, 0.29) is 24.9 Å². The van der Waals surface area contributed by atoms with E-state index in [9.17, 15) is 13.6 Å². The van der Waals surface area contributed by atoms with Crippen LogP contribution < -0.4 is 5.32 Å². The summed E-state index contributed by atoms with van der Waals surface area (Å²) in [6, 6.07) is 0. The van der Waals surface area contributed by atoms with Crippen molar-refractivity contribution in [1.82, 2.24) is 5.32 Å². The van der Waals surface area contributed by atoms with Crippen molar-refractivity contribution in [2.45, 2.75) is 19.8 Å². The van der Waals surface area contributed by atoms with Gasteiger partial charge in [0.1, 0.15) is 6.61 Å². The molecular formula is C9H16ClF2NO2. The van der Waals surface area contributed by atoms with Crippen LogP contribution in [0.4, 0.5) is 8.78 Å². The van der Waals surface area contributed by atoms with Gasteiger partial charge in [-0.25, -0.2) is 8.78 Å². The third-order valence-corrected chi connectivity index (χ3v) is 2.16. The second-order valence-electron chi connectivity index (χ2n) is 3.28. The lowest BCUT2D eigenvalue weighted by molar-refractivity contribution is -0.122. The normalized spacial score (nSPS) is 12.9. The summed E-state index contributed by atoms with van der Waals surface area (Å²) in [5.74, 6) is 0.473. The van der Waals surface area contributed by atoms with Gasteiger partial charge in [0.05, 0.1) is 6.61 Å². The van der Waals surface area contributed by atoms with Crippen LogP contribution in [0.2, 0.25) is 0 Å². The molecule has 1 unspecified atom stereocenters. The molecule has 90 valence electrons. The van der Waals surface area contributed by atoms with Crippen molar-refractivity contribution in [1.29, 1.82) is 0 Å². The van der Waals surface area contributed by atoms with Crippen LogP contribution in [0.25, 0.3) is 0 Å². The summed E-state index contributed by atoms with van der Waals surface area (Å²) < 4.78 is 27.8. The first-order chi connectivity index (χ1) is 7.06. The summed E-state index contributed by atoms with van der Waals surface area (Å²) in [4.78, 5) is 11.1. The average molecular weight is 244 g/mol. The van der Waals surface area contributed by atoms with Gasteiger partial charge < -0.3 is 10.1 Å². The van der Waals surface area contributed by atoms with Crippen molar-refractivity contribution >= 4 is 17.5 Å². The molecule has 0 rings (SSSR count). The fraction of sp³-hybridized carbons (Fsp3) is 0.889. The van der Waals surface area contributed by atoms with Crippen LogP contribution >= 0.6 is 11.6 Å². The number of hydrogen-bond donors (Lipinski definition) is 1. The number of amides is 1. The van der Waals surface area contributed by atoms with Crippen molar-refractivity contribution < 1.29 is 18.3 Å². The lowest BCUT2D eigenvalue weighted by Crippen LogP contribution is -2.29. The van der Waals surface area contributed by atoms with Crippen LogP contribution in [0.3, 0.4) is 0 Å². The second-order valence-corrected chi connectivity index (χ2v) is 3.59. The summed E-state index contributed by atoms with van der Waals surface area (Å²) in [6.45, 7) is 1.80. The minimum atomic E-state index is -2.48. The molecule has 0 aromatic heterocycles. The first-order valence-electron chi connectivity index (χ1n) is 4.74. The summed E-state index contributed by atoms with van der Waals surface area (Å²) in [5, 5.41) is 2.63. The molecule has 3 nitrogen and oxygen atoms in total. The maximum atomic E-state index is 11.6. The number of carbonyl (C=O) groups is 1. The zero-order valence-corrected chi connectivity index (χ0v) is 9.40. The van der Waals surface area contributed by atoms with Crippen LogP contribution in [0, 0.1) is 5.92 Å². The van der Waals surface area contributed by atoms with Gasteiger partial charge in [0.25, 0.3) is 6.43 Å². The molecule has 0 bridgehead atoms. The number of nitrogens with one attached hydrogen (secondary N) is 1. The number of ether oxygens (including phenoxy) is 1. The van der Waals surface area contributed by atoms with Gasteiger partial charge in [-0.15, -0.1) is 11.6 Å². The Hall–Kier alpha value is -0.420. The topological polar surface area (TPSA) is 38.3 Å². The molecule has 0 fully saturated rings. The molecule has 0 aliphatic heterocycles. The minimum absolute atomic E-state index is 0.0193. The molecule has 15 heavy (non-hydrogen) atoms. The molecular weight excluding hydrogens is 228 g/mol. The van der Waals surface area contributed by atoms with Crippen LogP contribution in [-0.4, -0.2) is 38.0 Å². The Labute approximate surface area is 93.1 Å². The van der Waals surface area contributed by atoms with E-state index in [0.717, 1.165) is 0 Å². The van der Waals surface area contributed by atoms with E-state index in [1.165, 1.54) is 0 Å². The first kappa shape index (κ1) is 14.6. The van der Waals surface area contributed by atoms with Gasteiger partial charge in [-0.2, -0.15) is 0 Å². The molecule has 6 heteroatoms. The predicted molar refractivity (Wildman–Crippen MR) is 54.3 cm³/mol. The highest BCUT2D eigenvalue weighted by Gasteiger charge is 2.06. The van der Waals surface area contributed by atoms with Gasteiger partial charge in [0.2, 0.25) is 5.91 Å². The molecule has 0 aliphatic rings. The highest BCUT2D eigenvalue weighted by molar-refractivity contribution is 6.18. The SMILES string of the molecule is CC(CCl)CNC(=O)CCOCC(F)F. The summed E-state index contributed by atoms with van der Waals surface area (Å²) in [5.41, 5.74) is 0. The number of hydrogen-bond acceptors (Lipinski definition) is 2. The summed E-state index contributed by atoms with van der Waals surface area (Å²) in [7, 11) is 0. The van der Waals surface area contributed by atoms with Crippen molar-refractivity contribution in [3.05, 3.63) is 0 Å². The number of alkyl halides is 3. The quantitative estimate of drug-likeness (QED) is 0.520. The highest BCUT2D eigenvalue weighted by Crippen LogP contribution is 1.96. The molecule has 0 radical (unpaired) electrons. The fourth-order valence-electron chi connectivity index (χ4n) is 0.768. The Kier molecular flexibility index (Phi) is 8.61. The lowest BCUT2D eigenvalue weighted by Gasteiger charge is -2.09. The minimum Gasteiger partial charge on any atom is -0.375 e. The van der Waals surface area contributed by atoms with Crippen LogP contribution in [0.5, 0.6) is 0 Å². The Morgan fingerprint density at radius 1 is 1.53 bits per heavy atom. The largest absolute Gasteiger partial charge is 0.375 e. The molecule has 1 N–H and O–H groups in total. The number of rotatable bonds is 8. The van der Waals surface area contributed by atoms with E-state index in [1.807, 2.05) is 6.92 Å². The maximum Gasteiger partial charge on any atom is 0.261 e. The van der Waals surface area contributed by atoms with Crippen molar-refractivity contribution in [2.75, 3.05) is 25.6 Å². The standard InChI is InChI=1S/C9H16ClF2NO2/c1-7(4-10)5-13-9(14)2-3-15-6-8(11)12/h7-8H,2-6H2,1H3,(H,13,14). The average Bonchev–Trinajstić information content (AvgIpc) is 2.20. The van der Waals surface area contributed by atoms with E-state index < -0.39 is 13.0 Å². The second kappa shape index (κ2) is 8.85. The molecule has 0 heterocycles. The third-order valence-electron chi connectivity index (χ3n) is 1.63. The Bertz CT molecular complexity index is 181. The Morgan fingerprint density at radius 2 is 2.20 bits per heavy atom. The van der Waals surface area contributed by atoms with Gasteiger partial charge in [-0.3, -0.25) is 4.79 Å². The van der Waals surface area contributed by atoms with Gasteiger partial charge >= 0.3 is 0 Å². The van der Waals surface area contributed by atoms with Crippen molar-refractivity contribution in [3.8, 4) is 0 Å². The number of carbonyl (C=O) groups excluding carboxylic acids is 1. The molecule has 0 spiro atoms. The summed E-state index contributed by atoms with van der Waals surface area (Å²) >= 11 is 5.54. The highest BCUT2D eigenvalue weighted by atomic mass is 35.5. The molecule has 0 aliphatic carbocycles. The van der Waals surface area contributed by atoms with Crippen LogP contribution in [-0.2, 0) is 9.53 Å². The van der Waals surface area contributed by atoms with Crippen LogP contribution in [0.15, 0.2) is 0 Å². The molecule has 1 atom stereocenters. The van der Waals surface area contributed by atoms with E-state index >= 15 is 0 Å². The van der Waals surface area contributed by atoms with Gasteiger partial charge in [0.15, 0.2) is 0 Å². The molecule has 0 saturated carbocycles. The first-order valence-corrected chi connectivity index (χ1v) is 5.28. The van der Waals surface area contributed by atoms with E-state index in [1.54, 1.807) is 0 Å². The smallest absolute Gasteiger partial charge is 0.261 e. The van der Waals surface area contributed by atoms with E-state index in [2.05, 4.69) is 10.1 Å². The van der Waals surface area contributed by atoms with Crippen molar-refractivity contribution in [2.24, 2.45) is 5.92 Å². The Morgan fingerprint density at radius 3 is 2.73 bits per heavy atom. The fourth-order valence-corrected chi connectivity index (χ4v) is 0.877. The molecule has 0 saturated heterocycles. The molecule has 0 aromatic rings. The predicted octanol–water partition coefficient (Wildman–Crippen LogP) is 1.65. The van der Waals surface area contributed by atoms with Crippen molar-refractivity contribution in [3.63, 3.8) is 0 Å². The van der Waals surface area contributed by atoms with Gasteiger partial charge in [-0.1, -0.05) is 6.92 Å². The number of halogens is 3. The third kappa shape index (κ3) is 9.87.